The molecule has 1 rings (SSSR count). The normalized spacial score (nSPS) is 34.8. The molecule has 0 radical (unpaired) electrons. The molecule has 1 aliphatic rings. The van der Waals surface area contributed by atoms with Gasteiger partial charge in [0, 0.05) is 6.04 Å². The number of hydrogen-bond donors (Lipinski definition) is 1. The van der Waals surface area contributed by atoms with Crippen LogP contribution in [0.5, 0.6) is 0 Å². The van der Waals surface area contributed by atoms with Crippen LogP contribution in [0.2, 0.25) is 0 Å². The molecule has 1 aliphatic carbocycles. The van der Waals surface area contributed by atoms with E-state index in [1.165, 1.54) is 19.3 Å². The first-order chi connectivity index (χ1) is 4.34. The van der Waals surface area contributed by atoms with E-state index in [1.807, 2.05) is 6.08 Å². The fourth-order valence-electron chi connectivity index (χ4n) is 1.57. The molecular formula is C8H15N. The molecule has 2 atom stereocenters. The zero-order chi connectivity index (χ0) is 6.69. The van der Waals surface area contributed by atoms with Crippen molar-refractivity contribution in [3.63, 3.8) is 0 Å². The molecular weight excluding hydrogens is 110 g/mol. The van der Waals surface area contributed by atoms with Crippen LogP contribution in [-0.4, -0.2) is 6.04 Å². The fraction of sp³-hybridized carbons (Fsp3) is 0.750. The molecule has 1 nitrogen and oxygen atoms in total. The Labute approximate surface area is 56.9 Å². The summed E-state index contributed by atoms with van der Waals surface area (Å²) in [5.41, 5.74) is 5.82. The van der Waals surface area contributed by atoms with Crippen molar-refractivity contribution in [1.82, 2.24) is 0 Å². The second kappa shape index (κ2) is 3.02. The Kier molecular flexibility index (Phi) is 2.29. The first-order valence-electron chi connectivity index (χ1n) is 3.71. The van der Waals surface area contributed by atoms with Crippen LogP contribution in [0, 0.1) is 5.92 Å². The zero-order valence-electron chi connectivity index (χ0n) is 5.84. The Balaban J connectivity index is 2.30. The topological polar surface area (TPSA) is 26.0 Å². The van der Waals surface area contributed by atoms with E-state index in [0.717, 1.165) is 12.3 Å². The number of nitrogens with two attached hydrogens (primary N) is 1. The van der Waals surface area contributed by atoms with Gasteiger partial charge in [0.25, 0.3) is 0 Å². The van der Waals surface area contributed by atoms with Crippen LogP contribution in [0.3, 0.4) is 0 Å². The second-order valence-electron chi connectivity index (χ2n) is 2.88. The lowest BCUT2D eigenvalue weighted by atomic mass is 10.0. The minimum absolute atomic E-state index is 0.461. The van der Waals surface area contributed by atoms with Crippen LogP contribution >= 0.6 is 0 Å². The fourth-order valence-corrected chi connectivity index (χ4v) is 1.57. The van der Waals surface area contributed by atoms with Gasteiger partial charge in [-0.15, -0.1) is 6.58 Å². The molecule has 0 aromatic rings. The number of hydrogen-bond acceptors (Lipinski definition) is 1. The highest BCUT2D eigenvalue weighted by Gasteiger charge is 2.21. The molecule has 0 bridgehead atoms. The van der Waals surface area contributed by atoms with Gasteiger partial charge >= 0.3 is 0 Å². The summed E-state index contributed by atoms with van der Waals surface area (Å²) in [5, 5.41) is 0. The Morgan fingerprint density at radius 2 is 2.33 bits per heavy atom. The van der Waals surface area contributed by atoms with Gasteiger partial charge in [0.05, 0.1) is 0 Å². The van der Waals surface area contributed by atoms with Gasteiger partial charge in [-0.1, -0.05) is 12.5 Å². The maximum atomic E-state index is 5.82. The molecule has 0 aromatic heterocycles. The van der Waals surface area contributed by atoms with E-state index in [2.05, 4.69) is 6.58 Å². The molecule has 9 heavy (non-hydrogen) atoms. The van der Waals surface area contributed by atoms with Crippen molar-refractivity contribution in [3.05, 3.63) is 12.7 Å². The summed E-state index contributed by atoms with van der Waals surface area (Å²) < 4.78 is 0. The summed E-state index contributed by atoms with van der Waals surface area (Å²) in [4.78, 5) is 0. The van der Waals surface area contributed by atoms with E-state index in [0.29, 0.717) is 6.04 Å². The van der Waals surface area contributed by atoms with Gasteiger partial charge in [0.1, 0.15) is 0 Å². The lowest BCUT2D eigenvalue weighted by Crippen LogP contribution is -2.23. The average Bonchev–Trinajstić information content (AvgIpc) is 2.18. The Bertz CT molecular complexity index is 98.7. The largest absolute Gasteiger partial charge is 0.327 e. The Morgan fingerprint density at radius 1 is 1.56 bits per heavy atom. The second-order valence-corrected chi connectivity index (χ2v) is 2.88. The number of rotatable bonds is 2. The molecule has 1 heteroatoms. The predicted octanol–water partition coefficient (Wildman–Crippen LogP) is 1.69. The molecule has 0 heterocycles. The first-order valence-corrected chi connectivity index (χ1v) is 3.71. The van der Waals surface area contributed by atoms with E-state index in [9.17, 15) is 0 Å². The quantitative estimate of drug-likeness (QED) is 0.558. The molecule has 1 fully saturated rings. The van der Waals surface area contributed by atoms with Crippen LogP contribution in [0.15, 0.2) is 12.7 Å². The highest BCUT2D eigenvalue weighted by Crippen LogP contribution is 2.26. The van der Waals surface area contributed by atoms with Gasteiger partial charge in [0.2, 0.25) is 0 Å². The third-order valence-electron chi connectivity index (χ3n) is 2.19. The highest BCUT2D eigenvalue weighted by molar-refractivity contribution is 4.85. The minimum Gasteiger partial charge on any atom is -0.327 e. The summed E-state index contributed by atoms with van der Waals surface area (Å²) >= 11 is 0. The van der Waals surface area contributed by atoms with Gasteiger partial charge < -0.3 is 5.73 Å². The van der Waals surface area contributed by atoms with Crippen molar-refractivity contribution < 1.29 is 0 Å². The third kappa shape index (κ3) is 1.55. The van der Waals surface area contributed by atoms with Crippen LogP contribution in [-0.2, 0) is 0 Å². The van der Waals surface area contributed by atoms with E-state index in [-0.39, 0.29) is 0 Å². The third-order valence-corrected chi connectivity index (χ3v) is 2.19. The zero-order valence-corrected chi connectivity index (χ0v) is 5.84. The van der Waals surface area contributed by atoms with Gasteiger partial charge in [-0.25, -0.2) is 0 Å². The van der Waals surface area contributed by atoms with Crippen LogP contribution in [0.4, 0.5) is 0 Å². The lowest BCUT2D eigenvalue weighted by Gasteiger charge is -2.11. The van der Waals surface area contributed by atoms with Crippen LogP contribution < -0.4 is 5.73 Å². The molecule has 0 amide bonds. The highest BCUT2D eigenvalue weighted by atomic mass is 14.7. The van der Waals surface area contributed by atoms with Crippen molar-refractivity contribution in [2.45, 2.75) is 31.7 Å². The van der Waals surface area contributed by atoms with Crippen LogP contribution in [0.1, 0.15) is 25.7 Å². The number of allylic oxidation sites excluding steroid dienone is 1. The monoisotopic (exact) mass is 125 g/mol. The summed E-state index contributed by atoms with van der Waals surface area (Å²) in [6.45, 7) is 3.70. The van der Waals surface area contributed by atoms with E-state index < -0.39 is 0 Å². The summed E-state index contributed by atoms with van der Waals surface area (Å²) in [6.07, 6.45) is 6.95. The molecule has 0 saturated heterocycles. The molecule has 52 valence electrons. The van der Waals surface area contributed by atoms with Gasteiger partial charge in [-0.2, -0.15) is 0 Å². The molecule has 0 aliphatic heterocycles. The molecule has 0 unspecified atom stereocenters. The standard InChI is InChI=1S/C8H15N/c1-2-4-7-5-3-6-8(7)9/h2,7-8H,1,3-6,9H2/t7-,8-/m1/s1. The van der Waals surface area contributed by atoms with E-state index in [4.69, 9.17) is 5.73 Å². The van der Waals surface area contributed by atoms with E-state index in [1.54, 1.807) is 0 Å². The van der Waals surface area contributed by atoms with Crippen molar-refractivity contribution in [1.29, 1.82) is 0 Å². The van der Waals surface area contributed by atoms with Gasteiger partial charge in [0.15, 0.2) is 0 Å². The molecule has 0 spiro atoms. The van der Waals surface area contributed by atoms with Gasteiger partial charge in [-0.05, 0) is 25.2 Å². The Hall–Kier alpha value is -0.300. The smallest absolute Gasteiger partial charge is 0.00701 e. The maximum absolute atomic E-state index is 5.82. The van der Waals surface area contributed by atoms with Crippen molar-refractivity contribution in [3.8, 4) is 0 Å². The summed E-state index contributed by atoms with van der Waals surface area (Å²) in [7, 11) is 0. The first kappa shape index (κ1) is 6.81. The van der Waals surface area contributed by atoms with Crippen molar-refractivity contribution in [2.24, 2.45) is 11.7 Å². The van der Waals surface area contributed by atoms with E-state index >= 15 is 0 Å². The lowest BCUT2D eigenvalue weighted by molar-refractivity contribution is 0.487. The predicted molar refractivity (Wildman–Crippen MR) is 40.1 cm³/mol. The minimum atomic E-state index is 0.461. The molecule has 1 saturated carbocycles. The summed E-state index contributed by atoms with van der Waals surface area (Å²) in [6, 6.07) is 0.461. The Morgan fingerprint density at radius 3 is 2.78 bits per heavy atom. The maximum Gasteiger partial charge on any atom is 0.00701 e. The van der Waals surface area contributed by atoms with Crippen LogP contribution in [0.25, 0.3) is 0 Å². The van der Waals surface area contributed by atoms with Crippen molar-refractivity contribution >= 4 is 0 Å². The molecule has 0 aromatic carbocycles. The van der Waals surface area contributed by atoms with Crippen molar-refractivity contribution in [2.75, 3.05) is 0 Å². The SMILES string of the molecule is C=CC[C@@H]1CCC[C@H]1N. The average molecular weight is 125 g/mol. The molecule has 2 N–H and O–H groups in total. The summed E-state index contributed by atoms with van der Waals surface area (Å²) in [5.74, 6) is 0.738. The van der Waals surface area contributed by atoms with Gasteiger partial charge in [-0.3, -0.25) is 0 Å².